The van der Waals surface area contributed by atoms with Gasteiger partial charge in [0.2, 0.25) is 0 Å². The zero-order chi connectivity index (χ0) is 10.3. The van der Waals surface area contributed by atoms with Crippen LogP contribution < -0.4 is 0 Å². The van der Waals surface area contributed by atoms with Crippen molar-refractivity contribution in [3.05, 3.63) is 0 Å². The number of amidine groups is 1. The Kier molecular flexibility index (Phi) is 2.32. The van der Waals surface area contributed by atoms with Crippen LogP contribution in [0.2, 0.25) is 0 Å². The van der Waals surface area contributed by atoms with Crippen molar-refractivity contribution in [1.29, 1.82) is 5.41 Å². The Balaban J connectivity index is 1.97. The molecule has 0 aromatic carbocycles. The van der Waals surface area contributed by atoms with Gasteiger partial charge in [-0.05, 0) is 31.6 Å². The standard InChI is InChI=1S/C12H22N2/c1-12(2,3)11(13)14(10-6-7-10)8-9-4-5-9/h9-10,13H,4-8H2,1-3H3. The number of hydrogen-bond acceptors (Lipinski definition) is 1. The Hall–Kier alpha value is -0.530. The molecule has 2 aliphatic carbocycles. The molecule has 0 bridgehead atoms. The summed E-state index contributed by atoms with van der Waals surface area (Å²) < 4.78 is 0. The topological polar surface area (TPSA) is 27.1 Å². The molecule has 80 valence electrons. The highest BCUT2D eigenvalue weighted by Gasteiger charge is 2.37. The molecule has 2 nitrogen and oxygen atoms in total. The number of hydrogen-bond donors (Lipinski definition) is 1. The van der Waals surface area contributed by atoms with Crippen molar-refractivity contribution in [2.45, 2.75) is 52.5 Å². The summed E-state index contributed by atoms with van der Waals surface area (Å²) in [4.78, 5) is 2.37. The van der Waals surface area contributed by atoms with Crippen LogP contribution >= 0.6 is 0 Å². The second-order valence-corrected chi connectivity index (χ2v) is 5.93. The highest BCUT2D eigenvalue weighted by atomic mass is 15.2. The average Bonchev–Trinajstić information content (AvgIpc) is 2.89. The summed E-state index contributed by atoms with van der Waals surface area (Å²) in [5.41, 5.74) is 0.0253. The van der Waals surface area contributed by atoms with Crippen LogP contribution in [0.1, 0.15) is 46.5 Å². The maximum absolute atomic E-state index is 8.21. The van der Waals surface area contributed by atoms with Gasteiger partial charge in [-0.2, -0.15) is 0 Å². The lowest BCUT2D eigenvalue weighted by atomic mass is 9.93. The molecule has 0 radical (unpaired) electrons. The van der Waals surface area contributed by atoms with Gasteiger partial charge in [-0.3, -0.25) is 5.41 Å². The second-order valence-electron chi connectivity index (χ2n) is 5.93. The van der Waals surface area contributed by atoms with E-state index in [9.17, 15) is 0 Å². The third kappa shape index (κ3) is 2.28. The van der Waals surface area contributed by atoms with Gasteiger partial charge in [0.05, 0.1) is 0 Å². The fourth-order valence-electron chi connectivity index (χ4n) is 1.82. The van der Waals surface area contributed by atoms with Crippen LogP contribution in [0.5, 0.6) is 0 Å². The van der Waals surface area contributed by atoms with E-state index in [0.717, 1.165) is 18.3 Å². The minimum atomic E-state index is 0.0253. The van der Waals surface area contributed by atoms with E-state index in [1.54, 1.807) is 0 Å². The van der Waals surface area contributed by atoms with E-state index in [2.05, 4.69) is 25.7 Å². The van der Waals surface area contributed by atoms with Crippen LogP contribution in [-0.4, -0.2) is 23.3 Å². The van der Waals surface area contributed by atoms with Gasteiger partial charge in [0.1, 0.15) is 5.84 Å². The Morgan fingerprint density at radius 2 is 1.79 bits per heavy atom. The molecule has 0 saturated heterocycles. The molecule has 0 amide bonds. The Labute approximate surface area is 87.2 Å². The highest BCUT2D eigenvalue weighted by molar-refractivity contribution is 5.84. The van der Waals surface area contributed by atoms with Crippen molar-refractivity contribution in [1.82, 2.24) is 4.90 Å². The maximum atomic E-state index is 8.21. The number of nitrogens with one attached hydrogen (secondary N) is 1. The first-order chi connectivity index (χ1) is 6.48. The fraction of sp³-hybridized carbons (Fsp3) is 0.917. The second kappa shape index (κ2) is 3.25. The minimum Gasteiger partial charge on any atom is -0.357 e. The molecule has 2 rings (SSSR count). The van der Waals surface area contributed by atoms with Gasteiger partial charge in [0, 0.05) is 18.0 Å². The molecule has 0 heterocycles. The van der Waals surface area contributed by atoms with E-state index >= 15 is 0 Å². The molecule has 0 unspecified atom stereocenters. The van der Waals surface area contributed by atoms with Crippen molar-refractivity contribution in [2.24, 2.45) is 11.3 Å². The lowest BCUT2D eigenvalue weighted by Gasteiger charge is -2.32. The van der Waals surface area contributed by atoms with Crippen LogP contribution in [0.15, 0.2) is 0 Å². The molecule has 0 aromatic heterocycles. The third-order valence-corrected chi connectivity index (χ3v) is 3.14. The summed E-state index contributed by atoms with van der Waals surface area (Å²) >= 11 is 0. The summed E-state index contributed by atoms with van der Waals surface area (Å²) in [6.45, 7) is 7.60. The van der Waals surface area contributed by atoms with Crippen LogP contribution in [0, 0.1) is 16.7 Å². The fourth-order valence-corrected chi connectivity index (χ4v) is 1.82. The first-order valence-corrected chi connectivity index (χ1v) is 5.84. The van der Waals surface area contributed by atoms with Gasteiger partial charge >= 0.3 is 0 Å². The summed E-state index contributed by atoms with van der Waals surface area (Å²) in [5, 5.41) is 8.21. The molecule has 2 saturated carbocycles. The lowest BCUT2D eigenvalue weighted by Crippen LogP contribution is -2.41. The molecular weight excluding hydrogens is 172 g/mol. The molecule has 1 N–H and O–H groups in total. The van der Waals surface area contributed by atoms with Crippen molar-refractivity contribution < 1.29 is 0 Å². The van der Waals surface area contributed by atoms with Crippen LogP contribution in [0.3, 0.4) is 0 Å². The largest absolute Gasteiger partial charge is 0.357 e. The van der Waals surface area contributed by atoms with Crippen molar-refractivity contribution >= 4 is 5.84 Å². The first-order valence-electron chi connectivity index (χ1n) is 5.84. The Morgan fingerprint density at radius 3 is 2.14 bits per heavy atom. The summed E-state index contributed by atoms with van der Waals surface area (Å²) in [5.74, 6) is 1.75. The first kappa shape index (κ1) is 10.0. The van der Waals surface area contributed by atoms with Crippen LogP contribution in [0.4, 0.5) is 0 Å². The van der Waals surface area contributed by atoms with Crippen LogP contribution in [0.25, 0.3) is 0 Å². The molecule has 2 fully saturated rings. The smallest absolute Gasteiger partial charge is 0.102 e. The van der Waals surface area contributed by atoms with Gasteiger partial charge in [-0.15, -0.1) is 0 Å². The Morgan fingerprint density at radius 1 is 1.21 bits per heavy atom. The van der Waals surface area contributed by atoms with E-state index in [4.69, 9.17) is 5.41 Å². The van der Waals surface area contributed by atoms with Gasteiger partial charge in [-0.25, -0.2) is 0 Å². The summed E-state index contributed by atoms with van der Waals surface area (Å²) in [6, 6.07) is 0.710. The molecular formula is C12H22N2. The lowest BCUT2D eigenvalue weighted by molar-refractivity contribution is 0.344. The quantitative estimate of drug-likeness (QED) is 0.543. The van der Waals surface area contributed by atoms with E-state index in [-0.39, 0.29) is 5.41 Å². The van der Waals surface area contributed by atoms with Gasteiger partial charge in [-0.1, -0.05) is 20.8 Å². The molecule has 0 spiro atoms. The molecule has 0 aliphatic heterocycles. The van der Waals surface area contributed by atoms with Crippen molar-refractivity contribution in [3.8, 4) is 0 Å². The van der Waals surface area contributed by atoms with Gasteiger partial charge < -0.3 is 4.90 Å². The number of nitrogens with zero attached hydrogens (tertiary/aromatic N) is 1. The predicted octanol–water partition coefficient (Wildman–Crippen LogP) is 2.88. The SMILES string of the molecule is CC(C)(C)C(=N)N(CC1CC1)C1CC1. The number of rotatable bonds is 3. The monoisotopic (exact) mass is 194 g/mol. The van der Waals surface area contributed by atoms with Crippen LogP contribution in [-0.2, 0) is 0 Å². The maximum Gasteiger partial charge on any atom is 0.102 e. The normalized spacial score (nSPS) is 22.2. The van der Waals surface area contributed by atoms with E-state index in [1.807, 2.05) is 0 Å². The van der Waals surface area contributed by atoms with E-state index in [1.165, 1.54) is 25.7 Å². The molecule has 2 aliphatic rings. The highest BCUT2D eigenvalue weighted by Crippen LogP contribution is 2.37. The summed E-state index contributed by atoms with van der Waals surface area (Å²) in [7, 11) is 0. The van der Waals surface area contributed by atoms with Gasteiger partial charge in [0.25, 0.3) is 0 Å². The zero-order valence-corrected chi connectivity index (χ0v) is 9.64. The predicted molar refractivity (Wildman–Crippen MR) is 59.6 cm³/mol. The third-order valence-electron chi connectivity index (χ3n) is 3.14. The van der Waals surface area contributed by atoms with E-state index in [0.29, 0.717) is 6.04 Å². The Bertz CT molecular complexity index is 231. The minimum absolute atomic E-state index is 0.0253. The van der Waals surface area contributed by atoms with Crippen molar-refractivity contribution in [2.75, 3.05) is 6.54 Å². The molecule has 0 atom stereocenters. The molecule has 14 heavy (non-hydrogen) atoms. The molecule has 2 heteroatoms. The van der Waals surface area contributed by atoms with Crippen molar-refractivity contribution in [3.63, 3.8) is 0 Å². The summed E-state index contributed by atoms with van der Waals surface area (Å²) in [6.07, 6.45) is 5.40. The molecule has 0 aromatic rings. The van der Waals surface area contributed by atoms with E-state index < -0.39 is 0 Å². The average molecular weight is 194 g/mol. The zero-order valence-electron chi connectivity index (χ0n) is 9.64. The van der Waals surface area contributed by atoms with Gasteiger partial charge in [0.15, 0.2) is 0 Å².